The number of ether oxygens (including phenoxy) is 1. The molecule has 0 saturated heterocycles. The van der Waals surface area contributed by atoms with E-state index in [2.05, 4.69) is 92.5 Å². The van der Waals surface area contributed by atoms with Crippen LogP contribution in [0, 0.1) is 13.8 Å². The van der Waals surface area contributed by atoms with Crippen molar-refractivity contribution >= 4 is 11.4 Å². The van der Waals surface area contributed by atoms with Crippen LogP contribution in [-0.2, 0) is 4.74 Å². The summed E-state index contributed by atoms with van der Waals surface area (Å²) in [4.78, 5) is 4.65. The molecule has 162 valence electrons. The molecule has 0 heterocycles. The van der Waals surface area contributed by atoms with Crippen molar-refractivity contribution in [3.8, 4) is 0 Å². The van der Waals surface area contributed by atoms with Crippen molar-refractivity contribution in [2.75, 3.05) is 50.2 Å². The molecule has 0 aromatic heterocycles. The summed E-state index contributed by atoms with van der Waals surface area (Å²) in [5.41, 5.74) is 6.68. The monoisotopic (exact) mass is 400 g/mol. The van der Waals surface area contributed by atoms with Crippen molar-refractivity contribution in [2.24, 2.45) is 0 Å². The van der Waals surface area contributed by atoms with E-state index >= 15 is 0 Å². The number of rotatable bonds is 8. The lowest BCUT2D eigenvalue weighted by Gasteiger charge is -2.25. The molecule has 0 unspecified atom stereocenters. The topological polar surface area (TPSA) is 35.9 Å². The van der Waals surface area contributed by atoms with Crippen LogP contribution in [0.4, 0.5) is 11.4 Å². The van der Waals surface area contributed by atoms with Gasteiger partial charge in [0.15, 0.2) is 0 Å². The number of benzene rings is 2. The molecule has 4 nitrogen and oxygen atoms in total. The number of hydrogen-bond acceptors (Lipinski definition) is 4. The lowest BCUT2D eigenvalue weighted by molar-refractivity contribution is 0.219. The third-order valence-corrected chi connectivity index (χ3v) is 5.35. The first-order valence-corrected chi connectivity index (χ1v) is 10.7. The molecule has 0 saturated carbocycles. The van der Waals surface area contributed by atoms with Crippen LogP contribution in [0.5, 0.6) is 0 Å². The molecule has 0 fully saturated rings. The lowest BCUT2D eigenvalue weighted by atomic mass is 9.93. The van der Waals surface area contributed by atoms with Crippen LogP contribution >= 0.6 is 0 Å². The summed E-state index contributed by atoms with van der Waals surface area (Å²) >= 11 is 0. The third-order valence-electron chi connectivity index (χ3n) is 5.35. The number of aliphatic hydroxyl groups excluding tert-OH is 1. The molecular formula is C25H40N2O2. The molecule has 0 aliphatic rings. The molecule has 0 amide bonds. The molecule has 4 heteroatoms. The van der Waals surface area contributed by atoms with Gasteiger partial charge in [-0.25, -0.2) is 0 Å². The number of nitrogens with zero attached hydrogens (tertiary/aromatic N) is 2. The molecule has 0 aliphatic carbocycles. The summed E-state index contributed by atoms with van der Waals surface area (Å²) < 4.78 is 4.25. The number of anilines is 2. The highest BCUT2D eigenvalue weighted by Gasteiger charge is 2.17. The predicted molar refractivity (Wildman–Crippen MR) is 126 cm³/mol. The summed E-state index contributed by atoms with van der Waals surface area (Å²) in [5.74, 6) is 0. The van der Waals surface area contributed by atoms with E-state index in [1.165, 1.54) is 11.4 Å². The molecule has 0 bridgehead atoms. The SMILES string of the molecule is CCN(CC)c1ccc(C(O)c2ccc(N(CC)CC)cc2C)c(C)c1.COC. The van der Waals surface area contributed by atoms with E-state index in [1.807, 2.05) is 0 Å². The highest BCUT2D eigenvalue weighted by Crippen LogP contribution is 2.31. The van der Waals surface area contributed by atoms with Crippen LogP contribution in [0.25, 0.3) is 0 Å². The van der Waals surface area contributed by atoms with Crippen LogP contribution in [0.1, 0.15) is 56.1 Å². The number of aliphatic hydroxyl groups is 1. The van der Waals surface area contributed by atoms with Crippen LogP contribution < -0.4 is 9.80 Å². The zero-order chi connectivity index (χ0) is 22.0. The smallest absolute Gasteiger partial charge is 0.105 e. The van der Waals surface area contributed by atoms with E-state index in [1.54, 1.807) is 14.2 Å². The van der Waals surface area contributed by atoms with Crippen molar-refractivity contribution in [2.45, 2.75) is 47.6 Å². The second-order valence-corrected chi connectivity index (χ2v) is 7.24. The van der Waals surface area contributed by atoms with Gasteiger partial charge in [0.1, 0.15) is 6.10 Å². The number of methoxy groups -OCH3 is 1. The fraction of sp³-hybridized carbons (Fsp3) is 0.520. The molecule has 2 rings (SSSR count). The Morgan fingerprint density at radius 3 is 1.28 bits per heavy atom. The highest BCUT2D eigenvalue weighted by molar-refractivity contribution is 5.55. The van der Waals surface area contributed by atoms with Gasteiger partial charge < -0.3 is 19.6 Å². The minimum absolute atomic E-state index is 0.591. The Morgan fingerprint density at radius 2 is 1.03 bits per heavy atom. The standard InChI is InChI=1S/C23H34N2O.C2H6O/c1-7-24(8-2)19-11-13-21(17(5)15-19)23(26)22-14-12-20(16-18(22)6)25(9-3)10-4;1-3-2/h11-16,23,26H,7-10H2,1-6H3;1-2H3. The molecular weight excluding hydrogens is 360 g/mol. The van der Waals surface area contributed by atoms with Gasteiger partial charge in [0.2, 0.25) is 0 Å². The van der Waals surface area contributed by atoms with Crippen molar-refractivity contribution in [1.82, 2.24) is 0 Å². The van der Waals surface area contributed by atoms with Crippen LogP contribution in [0.3, 0.4) is 0 Å². The van der Waals surface area contributed by atoms with E-state index in [0.717, 1.165) is 48.4 Å². The fourth-order valence-corrected chi connectivity index (χ4v) is 3.67. The second-order valence-electron chi connectivity index (χ2n) is 7.24. The maximum atomic E-state index is 11.0. The zero-order valence-corrected chi connectivity index (χ0v) is 19.6. The van der Waals surface area contributed by atoms with Gasteiger partial charge in [-0.05, 0) is 88.1 Å². The Hall–Kier alpha value is -2.04. The van der Waals surface area contributed by atoms with E-state index in [4.69, 9.17) is 0 Å². The molecule has 1 N–H and O–H groups in total. The van der Waals surface area contributed by atoms with E-state index in [-0.39, 0.29) is 0 Å². The second kappa shape index (κ2) is 12.5. The molecule has 0 spiro atoms. The van der Waals surface area contributed by atoms with Crippen LogP contribution in [-0.4, -0.2) is 45.5 Å². The normalized spacial score (nSPS) is 10.6. The maximum absolute atomic E-state index is 11.0. The van der Waals surface area contributed by atoms with Crippen molar-refractivity contribution < 1.29 is 9.84 Å². The summed E-state index contributed by atoms with van der Waals surface area (Å²) in [6.07, 6.45) is -0.591. The average molecular weight is 401 g/mol. The number of aryl methyl sites for hydroxylation is 2. The first-order valence-electron chi connectivity index (χ1n) is 10.7. The summed E-state index contributed by atoms with van der Waals surface area (Å²) in [6.45, 7) is 16.8. The molecule has 2 aromatic rings. The average Bonchev–Trinajstić information content (AvgIpc) is 2.70. The number of hydrogen-bond donors (Lipinski definition) is 1. The zero-order valence-electron chi connectivity index (χ0n) is 19.6. The largest absolute Gasteiger partial charge is 0.388 e. The highest BCUT2D eigenvalue weighted by atomic mass is 16.4. The van der Waals surface area contributed by atoms with Gasteiger partial charge in [-0.2, -0.15) is 0 Å². The Balaban J connectivity index is 0.00000132. The fourth-order valence-electron chi connectivity index (χ4n) is 3.67. The molecule has 0 atom stereocenters. The Kier molecular flexibility index (Phi) is 10.8. The van der Waals surface area contributed by atoms with Gasteiger partial charge >= 0.3 is 0 Å². The van der Waals surface area contributed by atoms with Gasteiger partial charge in [0, 0.05) is 51.8 Å². The van der Waals surface area contributed by atoms with Gasteiger partial charge in [0.05, 0.1) is 0 Å². The molecule has 0 aliphatic heterocycles. The van der Waals surface area contributed by atoms with Gasteiger partial charge in [0.25, 0.3) is 0 Å². The molecule has 29 heavy (non-hydrogen) atoms. The maximum Gasteiger partial charge on any atom is 0.105 e. The van der Waals surface area contributed by atoms with Gasteiger partial charge in [-0.3, -0.25) is 0 Å². The quantitative estimate of drug-likeness (QED) is 0.649. The molecule has 0 radical (unpaired) electrons. The summed E-state index contributed by atoms with van der Waals surface area (Å²) in [6, 6.07) is 12.8. The van der Waals surface area contributed by atoms with Crippen molar-refractivity contribution in [3.63, 3.8) is 0 Å². The summed E-state index contributed by atoms with van der Waals surface area (Å²) in [5, 5.41) is 11.0. The first kappa shape index (κ1) is 25.0. The Labute approximate surface area is 178 Å². The minimum Gasteiger partial charge on any atom is -0.388 e. The van der Waals surface area contributed by atoms with Crippen molar-refractivity contribution in [1.29, 1.82) is 0 Å². The summed E-state index contributed by atoms with van der Waals surface area (Å²) in [7, 11) is 3.25. The lowest BCUT2D eigenvalue weighted by Crippen LogP contribution is -2.22. The van der Waals surface area contributed by atoms with Crippen molar-refractivity contribution in [3.05, 3.63) is 58.7 Å². The van der Waals surface area contributed by atoms with Crippen LogP contribution in [0.15, 0.2) is 36.4 Å². The first-order chi connectivity index (χ1) is 13.9. The Morgan fingerprint density at radius 1 is 0.724 bits per heavy atom. The van der Waals surface area contributed by atoms with Gasteiger partial charge in [-0.1, -0.05) is 12.1 Å². The van der Waals surface area contributed by atoms with Crippen LogP contribution in [0.2, 0.25) is 0 Å². The Bertz CT molecular complexity index is 676. The van der Waals surface area contributed by atoms with E-state index in [9.17, 15) is 5.11 Å². The van der Waals surface area contributed by atoms with Gasteiger partial charge in [-0.15, -0.1) is 0 Å². The predicted octanol–water partition coefficient (Wildman–Crippen LogP) is 5.34. The van der Waals surface area contributed by atoms with E-state index < -0.39 is 6.10 Å². The van der Waals surface area contributed by atoms with E-state index in [0.29, 0.717) is 0 Å². The third kappa shape index (κ3) is 6.48. The molecule has 2 aromatic carbocycles. The minimum atomic E-state index is -0.591.